The predicted molar refractivity (Wildman–Crippen MR) is 89.4 cm³/mol. The van der Waals surface area contributed by atoms with Gasteiger partial charge in [0, 0.05) is 17.5 Å². The SMILES string of the molecule is FC(F)COc1ccccc1CNCCc1ccc2cn[nH]c2c1. The molecule has 3 rings (SSSR count). The van der Waals surface area contributed by atoms with E-state index in [9.17, 15) is 8.78 Å². The summed E-state index contributed by atoms with van der Waals surface area (Å²) in [6, 6.07) is 13.5. The van der Waals surface area contributed by atoms with Gasteiger partial charge in [-0.3, -0.25) is 5.10 Å². The first-order chi connectivity index (χ1) is 11.7. The lowest BCUT2D eigenvalue weighted by atomic mass is 10.1. The maximum absolute atomic E-state index is 12.3. The number of H-pyrrole nitrogens is 1. The highest BCUT2D eigenvalue weighted by Gasteiger charge is 2.07. The summed E-state index contributed by atoms with van der Waals surface area (Å²) in [5.41, 5.74) is 3.11. The van der Waals surface area contributed by atoms with E-state index >= 15 is 0 Å². The number of nitrogens with one attached hydrogen (secondary N) is 2. The molecule has 2 aromatic carbocycles. The molecule has 24 heavy (non-hydrogen) atoms. The van der Waals surface area contributed by atoms with Crippen molar-refractivity contribution in [3.8, 4) is 5.75 Å². The average Bonchev–Trinajstić information content (AvgIpc) is 3.05. The summed E-state index contributed by atoms with van der Waals surface area (Å²) in [6.45, 7) is 0.774. The molecule has 0 aliphatic carbocycles. The van der Waals surface area contributed by atoms with Crippen molar-refractivity contribution < 1.29 is 13.5 Å². The molecule has 0 spiro atoms. The van der Waals surface area contributed by atoms with E-state index in [2.05, 4.69) is 27.6 Å². The van der Waals surface area contributed by atoms with Crippen molar-refractivity contribution in [2.75, 3.05) is 13.2 Å². The number of para-hydroxylation sites is 1. The zero-order valence-electron chi connectivity index (χ0n) is 13.1. The van der Waals surface area contributed by atoms with Crippen LogP contribution in [0.1, 0.15) is 11.1 Å². The molecule has 0 saturated carbocycles. The van der Waals surface area contributed by atoms with Crippen LogP contribution in [-0.4, -0.2) is 29.8 Å². The van der Waals surface area contributed by atoms with Gasteiger partial charge in [0.2, 0.25) is 0 Å². The smallest absolute Gasteiger partial charge is 0.272 e. The number of halogens is 2. The average molecular weight is 331 g/mol. The Labute approximate surface area is 138 Å². The van der Waals surface area contributed by atoms with Crippen LogP contribution in [0.2, 0.25) is 0 Å². The van der Waals surface area contributed by atoms with E-state index in [0.29, 0.717) is 12.3 Å². The Balaban J connectivity index is 1.51. The van der Waals surface area contributed by atoms with Gasteiger partial charge in [0.15, 0.2) is 0 Å². The number of hydrogen-bond donors (Lipinski definition) is 2. The largest absolute Gasteiger partial charge is 0.487 e. The normalized spacial score (nSPS) is 11.3. The lowest BCUT2D eigenvalue weighted by molar-refractivity contribution is 0.0814. The Bertz CT molecular complexity index is 789. The number of rotatable bonds is 8. The fourth-order valence-corrected chi connectivity index (χ4v) is 2.54. The molecule has 0 aliphatic heterocycles. The summed E-state index contributed by atoms with van der Waals surface area (Å²) < 4.78 is 29.7. The summed E-state index contributed by atoms with van der Waals surface area (Å²) in [4.78, 5) is 0. The molecule has 0 fully saturated rings. The van der Waals surface area contributed by atoms with Crippen molar-refractivity contribution in [1.82, 2.24) is 15.5 Å². The molecule has 0 bridgehead atoms. The van der Waals surface area contributed by atoms with Crippen LogP contribution in [0.5, 0.6) is 5.75 Å². The molecule has 2 N–H and O–H groups in total. The molecule has 1 heterocycles. The summed E-state index contributed by atoms with van der Waals surface area (Å²) >= 11 is 0. The van der Waals surface area contributed by atoms with Gasteiger partial charge in [0.25, 0.3) is 6.43 Å². The second-order valence-electron chi connectivity index (χ2n) is 5.53. The first kappa shape index (κ1) is 16.4. The van der Waals surface area contributed by atoms with E-state index in [1.165, 1.54) is 5.56 Å². The molecule has 0 radical (unpaired) electrons. The lowest BCUT2D eigenvalue weighted by Crippen LogP contribution is -2.18. The van der Waals surface area contributed by atoms with Gasteiger partial charge in [-0.1, -0.05) is 30.3 Å². The van der Waals surface area contributed by atoms with Crippen molar-refractivity contribution in [3.05, 3.63) is 59.8 Å². The number of benzene rings is 2. The third-order valence-corrected chi connectivity index (χ3v) is 3.75. The minimum atomic E-state index is -2.47. The number of aromatic nitrogens is 2. The highest BCUT2D eigenvalue weighted by Crippen LogP contribution is 2.18. The second-order valence-corrected chi connectivity index (χ2v) is 5.53. The molecule has 3 aromatic rings. The van der Waals surface area contributed by atoms with E-state index in [0.717, 1.165) is 29.4 Å². The van der Waals surface area contributed by atoms with E-state index in [4.69, 9.17) is 4.74 Å². The van der Waals surface area contributed by atoms with Crippen LogP contribution in [0, 0.1) is 0 Å². The monoisotopic (exact) mass is 331 g/mol. The molecule has 4 nitrogen and oxygen atoms in total. The molecule has 6 heteroatoms. The highest BCUT2D eigenvalue weighted by atomic mass is 19.3. The van der Waals surface area contributed by atoms with Crippen molar-refractivity contribution >= 4 is 10.9 Å². The zero-order chi connectivity index (χ0) is 16.8. The third kappa shape index (κ3) is 4.29. The minimum absolute atomic E-state index is 0.504. The van der Waals surface area contributed by atoms with Crippen LogP contribution in [0.4, 0.5) is 8.78 Å². The van der Waals surface area contributed by atoms with Crippen molar-refractivity contribution in [3.63, 3.8) is 0 Å². The first-order valence-corrected chi connectivity index (χ1v) is 7.84. The minimum Gasteiger partial charge on any atom is -0.487 e. The van der Waals surface area contributed by atoms with Crippen molar-refractivity contribution in [2.24, 2.45) is 0 Å². The quantitative estimate of drug-likeness (QED) is 0.621. The number of alkyl halides is 2. The standard InChI is InChI=1S/C18H19F2N3O/c19-18(20)12-24-17-4-2-1-3-15(17)10-21-8-7-13-5-6-14-11-22-23-16(14)9-13/h1-6,9,11,18,21H,7-8,10,12H2,(H,22,23). The Morgan fingerprint density at radius 2 is 2.04 bits per heavy atom. The van der Waals surface area contributed by atoms with Gasteiger partial charge in [0.05, 0.1) is 11.7 Å². The molecule has 0 aliphatic rings. The third-order valence-electron chi connectivity index (χ3n) is 3.75. The fraction of sp³-hybridized carbons (Fsp3) is 0.278. The van der Waals surface area contributed by atoms with E-state index in [-0.39, 0.29) is 0 Å². The highest BCUT2D eigenvalue weighted by molar-refractivity contribution is 5.78. The summed E-state index contributed by atoms with van der Waals surface area (Å²) in [7, 11) is 0. The van der Waals surface area contributed by atoms with Gasteiger partial charge < -0.3 is 10.1 Å². The van der Waals surface area contributed by atoms with Crippen LogP contribution in [0.15, 0.2) is 48.7 Å². The maximum Gasteiger partial charge on any atom is 0.272 e. The van der Waals surface area contributed by atoms with E-state index in [1.807, 2.05) is 18.2 Å². The van der Waals surface area contributed by atoms with Gasteiger partial charge in [-0.05, 0) is 30.7 Å². The number of hydrogen-bond acceptors (Lipinski definition) is 3. The Morgan fingerprint density at radius 3 is 2.92 bits per heavy atom. The summed E-state index contributed by atoms with van der Waals surface area (Å²) in [5.74, 6) is 0.504. The van der Waals surface area contributed by atoms with Crippen molar-refractivity contribution in [2.45, 2.75) is 19.4 Å². The summed E-state index contributed by atoms with van der Waals surface area (Å²) in [5, 5.41) is 11.4. The van der Waals surface area contributed by atoms with E-state index < -0.39 is 13.0 Å². The summed E-state index contributed by atoms with van der Waals surface area (Å²) in [6.07, 6.45) is 0.200. The van der Waals surface area contributed by atoms with Gasteiger partial charge in [0.1, 0.15) is 12.4 Å². The molecule has 126 valence electrons. The zero-order valence-corrected chi connectivity index (χ0v) is 13.1. The second kappa shape index (κ2) is 7.88. The number of aromatic amines is 1. The van der Waals surface area contributed by atoms with Crippen molar-refractivity contribution in [1.29, 1.82) is 0 Å². The molecule has 0 amide bonds. The number of nitrogens with zero attached hydrogens (tertiary/aromatic N) is 1. The Hall–Kier alpha value is -2.47. The number of fused-ring (bicyclic) bond motifs is 1. The number of ether oxygens (including phenoxy) is 1. The van der Waals surface area contributed by atoms with Crippen LogP contribution in [0.3, 0.4) is 0 Å². The Kier molecular flexibility index (Phi) is 5.38. The van der Waals surface area contributed by atoms with Gasteiger partial charge in [-0.25, -0.2) is 8.78 Å². The van der Waals surface area contributed by atoms with Crippen LogP contribution in [0.25, 0.3) is 10.9 Å². The van der Waals surface area contributed by atoms with E-state index in [1.54, 1.807) is 18.3 Å². The van der Waals surface area contributed by atoms with Crippen LogP contribution >= 0.6 is 0 Å². The molecule has 0 saturated heterocycles. The van der Waals surface area contributed by atoms with Gasteiger partial charge in [-0.2, -0.15) is 5.10 Å². The van der Waals surface area contributed by atoms with Gasteiger partial charge >= 0.3 is 0 Å². The molecule has 0 atom stereocenters. The molecule has 1 aromatic heterocycles. The topological polar surface area (TPSA) is 49.9 Å². The first-order valence-electron chi connectivity index (χ1n) is 7.84. The van der Waals surface area contributed by atoms with Crippen LogP contribution in [-0.2, 0) is 13.0 Å². The maximum atomic E-state index is 12.3. The fourth-order valence-electron chi connectivity index (χ4n) is 2.54. The lowest BCUT2D eigenvalue weighted by Gasteiger charge is -2.12. The molecular formula is C18H19F2N3O. The molecular weight excluding hydrogens is 312 g/mol. The predicted octanol–water partition coefficient (Wildman–Crippen LogP) is 3.54. The van der Waals surface area contributed by atoms with Crippen LogP contribution < -0.4 is 10.1 Å². The Morgan fingerprint density at radius 1 is 1.17 bits per heavy atom. The van der Waals surface area contributed by atoms with Gasteiger partial charge in [-0.15, -0.1) is 0 Å². The molecule has 0 unspecified atom stereocenters.